The van der Waals surface area contributed by atoms with Crippen LogP contribution in [-0.2, 0) is 6.54 Å². The Morgan fingerprint density at radius 3 is 2.63 bits per heavy atom. The van der Waals surface area contributed by atoms with Gasteiger partial charge in [0.15, 0.2) is 0 Å². The summed E-state index contributed by atoms with van der Waals surface area (Å²) in [5, 5.41) is 5.36. The number of aromatic nitrogens is 1. The lowest BCUT2D eigenvalue weighted by Gasteiger charge is -2.03. The first kappa shape index (κ1) is 12.8. The minimum absolute atomic E-state index is 0.252. The fourth-order valence-electron chi connectivity index (χ4n) is 1.50. The van der Waals surface area contributed by atoms with Crippen LogP contribution in [0, 0.1) is 0 Å². The molecule has 0 aliphatic heterocycles. The third-order valence-electron chi connectivity index (χ3n) is 2.45. The summed E-state index contributed by atoms with van der Waals surface area (Å²) in [4.78, 5) is 15.6. The second kappa shape index (κ2) is 6.96. The zero-order valence-corrected chi connectivity index (χ0v) is 10.4. The summed E-state index contributed by atoms with van der Waals surface area (Å²) in [5.41, 5.74) is 1.86. The van der Waals surface area contributed by atoms with E-state index in [1.54, 1.807) is 12.4 Å². The Morgan fingerprint density at radius 2 is 1.89 bits per heavy atom. The fourth-order valence-corrected chi connectivity index (χ4v) is 1.50. The maximum absolute atomic E-state index is 11.5. The molecule has 2 N–H and O–H groups in total. The van der Waals surface area contributed by atoms with E-state index in [4.69, 9.17) is 0 Å². The summed E-state index contributed by atoms with van der Waals surface area (Å²) in [5.74, 6) is 0. The summed E-state index contributed by atoms with van der Waals surface area (Å²) in [6.07, 6.45) is 5.15. The van der Waals surface area contributed by atoms with Crippen molar-refractivity contribution in [2.24, 2.45) is 0 Å². The molecule has 1 aromatic carbocycles. The molecule has 96 valence electrons. The van der Waals surface area contributed by atoms with Gasteiger partial charge in [-0.15, -0.1) is 0 Å². The Kier molecular flexibility index (Phi) is 4.70. The van der Waals surface area contributed by atoms with Gasteiger partial charge in [0.25, 0.3) is 0 Å². The first-order valence-corrected chi connectivity index (χ1v) is 6.00. The lowest BCUT2D eigenvalue weighted by Crippen LogP contribution is -2.31. The van der Waals surface area contributed by atoms with E-state index >= 15 is 0 Å². The molecule has 2 amide bonds. The van der Waals surface area contributed by atoms with Crippen LogP contribution in [0.2, 0.25) is 0 Å². The van der Waals surface area contributed by atoms with Crippen molar-refractivity contribution in [3.8, 4) is 0 Å². The molecule has 4 nitrogen and oxygen atoms in total. The molecule has 1 heterocycles. The maximum atomic E-state index is 11.5. The number of hydrogen-bond acceptors (Lipinski definition) is 2. The highest BCUT2D eigenvalue weighted by Gasteiger charge is 1.97. The number of nitrogens with zero attached hydrogens (tertiary/aromatic N) is 1. The third kappa shape index (κ3) is 4.63. The number of rotatable bonds is 4. The van der Waals surface area contributed by atoms with Gasteiger partial charge in [-0.2, -0.15) is 0 Å². The van der Waals surface area contributed by atoms with Crippen LogP contribution < -0.4 is 10.6 Å². The second-order valence-corrected chi connectivity index (χ2v) is 3.89. The molecule has 0 bridgehead atoms. The second-order valence-electron chi connectivity index (χ2n) is 3.89. The van der Waals surface area contributed by atoms with Crippen LogP contribution in [0.25, 0.3) is 6.08 Å². The number of amides is 2. The van der Waals surface area contributed by atoms with Gasteiger partial charge < -0.3 is 10.6 Å². The molecule has 2 rings (SSSR count). The topological polar surface area (TPSA) is 54.0 Å². The molecule has 1 aromatic heterocycles. The number of urea groups is 1. The molecule has 0 spiro atoms. The molecule has 0 aliphatic rings. The summed E-state index contributed by atoms with van der Waals surface area (Å²) < 4.78 is 0. The van der Waals surface area contributed by atoms with Crippen LogP contribution in [0.15, 0.2) is 60.9 Å². The smallest absolute Gasteiger partial charge is 0.319 e. The highest BCUT2D eigenvalue weighted by molar-refractivity contribution is 5.75. The van der Waals surface area contributed by atoms with E-state index < -0.39 is 0 Å². The van der Waals surface area contributed by atoms with Crippen LogP contribution in [0.3, 0.4) is 0 Å². The zero-order chi connectivity index (χ0) is 13.3. The average Bonchev–Trinajstić information content (AvgIpc) is 2.47. The van der Waals surface area contributed by atoms with Crippen molar-refractivity contribution in [3.05, 3.63) is 72.2 Å². The van der Waals surface area contributed by atoms with Gasteiger partial charge in [0.1, 0.15) is 0 Å². The molecule has 0 unspecified atom stereocenters. The van der Waals surface area contributed by atoms with Crippen LogP contribution in [0.1, 0.15) is 11.3 Å². The average molecular weight is 253 g/mol. The highest BCUT2D eigenvalue weighted by atomic mass is 16.2. The van der Waals surface area contributed by atoms with Crippen LogP contribution in [0.5, 0.6) is 0 Å². The summed E-state index contributed by atoms with van der Waals surface area (Å²) in [6.45, 7) is 0.409. The van der Waals surface area contributed by atoms with Crippen molar-refractivity contribution in [1.82, 2.24) is 15.6 Å². The minimum Gasteiger partial charge on any atom is -0.332 e. The number of carbonyl (C=O) groups excluding carboxylic acids is 1. The predicted octanol–water partition coefficient (Wildman–Crippen LogP) is 2.55. The van der Waals surface area contributed by atoms with Gasteiger partial charge in [0.05, 0.1) is 12.2 Å². The largest absolute Gasteiger partial charge is 0.332 e. The fraction of sp³-hybridized carbons (Fsp3) is 0.0667. The predicted molar refractivity (Wildman–Crippen MR) is 75.1 cm³/mol. The number of nitrogens with one attached hydrogen (secondary N) is 2. The number of benzene rings is 1. The molecule has 2 aromatic rings. The van der Waals surface area contributed by atoms with Crippen molar-refractivity contribution >= 4 is 12.1 Å². The molecule has 0 fully saturated rings. The minimum atomic E-state index is -0.252. The van der Waals surface area contributed by atoms with E-state index in [0.29, 0.717) is 6.54 Å². The van der Waals surface area contributed by atoms with Gasteiger partial charge in [-0.3, -0.25) is 4.98 Å². The Bertz CT molecular complexity index is 538. The zero-order valence-electron chi connectivity index (χ0n) is 10.4. The SMILES string of the molecule is O=C(N/C=C/c1ccccc1)NCc1ccccn1. The van der Waals surface area contributed by atoms with E-state index in [0.717, 1.165) is 11.3 Å². The normalized spacial score (nSPS) is 10.3. The van der Waals surface area contributed by atoms with Crippen molar-refractivity contribution < 1.29 is 4.79 Å². The van der Waals surface area contributed by atoms with Crippen molar-refractivity contribution in [2.75, 3.05) is 0 Å². The third-order valence-corrected chi connectivity index (χ3v) is 2.45. The lowest BCUT2D eigenvalue weighted by molar-refractivity contribution is 0.243. The van der Waals surface area contributed by atoms with E-state index in [1.165, 1.54) is 0 Å². The van der Waals surface area contributed by atoms with Crippen molar-refractivity contribution in [2.45, 2.75) is 6.54 Å². The highest BCUT2D eigenvalue weighted by Crippen LogP contribution is 1.99. The Hall–Kier alpha value is -2.62. The molecule has 0 atom stereocenters. The van der Waals surface area contributed by atoms with Crippen LogP contribution in [-0.4, -0.2) is 11.0 Å². The van der Waals surface area contributed by atoms with Crippen molar-refractivity contribution in [1.29, 1.82) is 0 Å². The van der Waals surface area contributed by atoms with Gasteiger partial charge in [0, 0.05) is 12.4 Å². The maximum Gasteiger partial charge on any atom is 0.319 e. The number of pyridine rings is 1. The number of hydrogen-bond donors (Lipinski definition) is 2. The summed E-state index contributed by atoms with van der Waals surface area (Å²) in [6, 6.07) is 15.1. The molecule has 0 aliphatic carbocycles. The Labute approximate surface area is 112 Å². The molecule has 0 saturated carbocycles. The van der Waals surface area contributed by atoms with Crippen LogP contribution in [0.4, 0.5) is 4.79 Å². The molecule has 19 heavy (non-hydrogen) atoms. The quantitative estimate of drug-likeness (QED) is 0.879. The van der Waals surface area contributed by atoms with Gasteiger partial charge >= 0.3 is 6.03 Å². The number of carbonyl (C=O) groups is 1. The van der Waals surface area contributed by atoms with Gasteiger partial charge in [-0.25, -0.2) is 4.79 Å². The molecule has 4 heteroatoms. The van der Waals surface area contributed by atoms with E-state index in [9.17, 15) is 4.79 Å². The standard InChI is InChI=1S/C15H15N3O/c19-15(18-12-14-8-4-5-10-16-14)17-11-9-13-6-2-1-3-7-13/h1-11H,12H2,(H2,17,18,19)/b11-9+. The monoisotopic (exact) mass is 253 g/mol. The van der Waals surface area contributed by atoms with Crippen molar-refractivity contribution in [3.63, 3.8) is 0 Å². The van der Waals surface area contributed by atoms with Gasteiger partial charge in [-0.05, 0) is 23.8 Å². The van der Waals surface area contributed by atoms with E-state index in [1.807, 2.05) is 54.6 Å². The Morgan fingerprint density at radius 1 is 1.11 bits per heavy atom. The molecule has 0 radical (unpaired) electrons. The first-order valence-electron chi connectivity index (χ1n) is 6.00. The molecular weight excluding hydrogens is 238 g/mol. The van der Waals surface area contributed by atoms with E-state index in [2.05, 4.69) is 15.6 Å². The van der Waals surface area contributed by atoms with Crippen LogP contribution >= 0.6 is 0 Å². The molecular formula is C15H15N3O. The molecule has 0 saturated heterocycles. The van der Waals surface area contributed by atoms with E-state index in [-0.39, 0.29) is 6.03 Å². The summed E-state index contributed by atoms with van der Waals surface area (Å²) in [7, 11) is 0. The Balaban J connectivity index is 1.75. The first-order chi connectivity index (χ1) is 9.34. The summed E-state index contributed by atoms with van der Waals surface area (Å²) >= 11 is 0. The van der Waals surface area contributed by atoms with Gasteiger partial charge in [0.2, 0.25) is 0 Å². The van der Waals surface area contributed by atoms with Gasteiger partial charge in [-0.1, -0.05) is 36.4 Å². The lowest BCUT2D eigenvalue weighted by atomic mass is 10.2.